The van der Waals surface area contributed by atoms with Gasteiger partial charge in [0.25, 0.3) is 0 Å². The summed E-state index contributed by atoms with van der Waals surface area (Å²) in [7, 11) is 0. The highest BCUT2D eigenvalue weighted by molar-refractivity contribution is 5.43. The van der Waals surface area contributed by atoms with E-state index in [4.69, 9.17) is 0 Å². The third-order valence-corrected chi connectivity index (χ3v) is 1.85. The van der Waals surface area contributed by atoms with E-state index in [0.717, 1.165) is 12.2 Å². The molecule has 0 spiro atoms. The SMILES string of the molecule is Cc1ccc(NN=NCC(C)(C)C)cc1. The maximum atomic E-state index is 4.07. The summed E-state index contributed by atoms with van der Waals surface area (Å²) in [5, 5.41) is 8.01. The number of hydrogen-bond donors (Lipinski definition) is 1. The molecule has 0 saturated heterocycles. The first-order chi connectivity index (χ1) is 6.97. The quantitative estimate of drug-likeness (QED) is 0.591. The van der Waals surface area contributed by atoms with E-state index in [0.29, 0.717) is 0 Å². The van der Waals surface area contributed by atoms with Gasteiger partial charge in [0.1, 0.15) is 0 Å². The fraction of sp³-hybridized carbons (Fsp3) is 0.500. The van der Waals surface area contributed by atoms with Gasteiger partial charge in [-0.2, -0.15) is 5.11 Å². The highest BCUT2D eigenvalue weighted by Gasteiger charge is 2.07. The predicted molar refractivity (Wildman–Crippen MR) is 64.0 cm³/mol. The summed E-state index contributed by atoms with van der Waals surface area (Å²) in [6.45, 7) is 9.20. The van der Waals surface area contributed by atoms with Crippen molar-refractivity contribution in [3.05, 3.63) is 29.8 Å². The van der Waals surface area contributed by atoms with Gasteiger partial charge >= 0.3 is 0 Å². The molecule has 0 amide bonds. The molecule has 15 heavy (non-hydrogen) atoms. The van der Waals surface area contributed by atoms with E-state index in [-0.39, 0.29) is 5.41 Å². The molecule has 0 heterocycles. The summed E-state index contributed by atoms with van der Waals surface area (Å²) in [5.41, 5.74) is 5.31. The minimum Gasteiger partial charge on any atom is -0.260 e. The van der Waals surface area contributed by atoms with Gasteiger partial charge in [0, 0.05) is 0 Å². The standard InChI is InChI=1S/C12H19N3/c1-10-5-7-11(8-6-10)14-15-13-9-12(2,3)4/h5-8H,9H2,1-4H3,(H,13,14). The monoisotopic (exact) mass is 205 g/mol. The number of anilines is 1. The molecule has 0 unspecified atom stereocenters. The van der Waals surface area contributed by atoms with E-state index in [1.807, 2.05) is 24.3 Å². The normalized spacial score (nSPS) is 12.0. The summed E-state index contributed by atoms with van der Waals surface area (Å²) in [6.07, 6.45) is 0. The summed E-state index contributed by atoms with van der Waals surface area (Å²) in [6, 6.07) is 8.07. The van der Waals surface area contributed by atoms with Crippen LogP contribution in [0.1, 0.15) is 26.3 Å². The number of hydrogen-bond acceptors (Lipinski definition) is 2. The van der Waals surface area contributed by atoms with Crippen molar-refractivity contribution in [1.29, 1.82) is 0 Å². The van der Waals surface area contributed by atoms with E-state index < -0.39 is 0 Å². The Balaban J connectivity index is 2.40. The Labute approximate surface area is 91.6 Å². The van der Waals surface area contributed by atoms with E-state index in [9.17, 15) is 0 Å². The predicted octanol–water partition coefficient (Wildman–Crippen LogP) is 3.82. The Kier molecular flexibility index (Phi) is 3.83. The average molecular weight is 205 g/mol. The lowest BCUT2D eigenvalue weighted by molar-refractivity contribution is 0.421. The molecule has 0 aromatic heterocycles. The fourth-order valence-corrected chi connectivity index (χ4v) is 0.969. The molecule has 0 bridgehead atoms. The van der Waals surface area contributed by atoms with Gasteiger partial charge in [-0.25, -0.2) is 0 Å². The lowest BCUT2D eigenvalue weighted by atomic mass is 9.98. The second kappa shape index (κ2) is 4.91. The van der Waals surface area contributed by atoms with Crippen molar-refractivity contribution in [3.8, 4) is 0 Å². The minimum absolute atomic E-state index is 0.193. The van der Waals surface area contributed by atoms with Gasteiger partial charge in [-0.05, 0) is 24.5 Å². The van der Waals surface area contributed by atoms with Crippen LogP contribution in [-0.2, 0) is 0 Å². The molecule has 0 aliphatic heterocycles. The van der Waals surface area contributed by atoms with Crippen molar-refractivity contribution in [3.63, 3.8) is 0 Å². The van der Waals surface area contributed by atoms with Crippen LogP contribution in [0.15, 0.2) is 34.6 Å². The highest BCUT2D eigenvalue weighted by Crippen LogP contribution is 2.13. The van der Waals surface area contributed by atoms with Crippen LogP contribution >= 0.6 is 0 Å². The van der Waals surface area contributed by atoms with E-state index in [1.54, 1.807) is 0 Å². The topological polar surface area (TPSA) is 36.8 Å². The summed E-state index contributed by atoms with van der Waals surface area (Å²) in [5.74, 6) is 0. The van der Waals surface area contributed by atoms with Gasteiger partial charge in [-0.1, -0.05) is 43.7 Å². The summed E-state index contributed by atoms with van der Waals surface area (Å²) in [4.78, 5) is 0. The Morgan fingerprint density at radius 3 is 2.27 bits per heavy atom. The zero-order valence-electron chi connectivity index (χ0n) is 9.91. The molecule has 0 atom stereocenters. The summed E-state index contributed by atoms with van der Waals surface area (Å²) < 4.78 is 0. The van der Waals surface area contributed by atoms with Crippen LogP contribution in [0.5, 0.6) is 0 Å². The van der Waals surface area contributed by atoms with Gasteiger partial charge in [0.2, 0.25) is 0 Å². The molecule has 0 radical (unpaired) electrons. The van der Waals surface area contributed by atoms with Crippen molar-refractivity contribution >= 4 is 5.69 Å². The van der Waals surface area contributed by atoms with Gasteiger partial charge in [0.15, 0.2) is 0 Å². The second-order valence-corrected chi connectivity index (χ2v) is 4.94. The van der Waals surface area contributed by atoms with Crippen LogP contribution in [0.4, 0.5) is 5.69 Å². The Bertz CT molecular complexity index is 320. The van der Waals surface area contributed by atoms with E-state index >= 15 is 0 Å². The molecule has 0 aliphatic rings. The lowest BCUT2D eigenvalue weighted by Crippen LogP contribution is -2.08. The minimum atomic E-state index is 0.193. The third-order valence-electron chi connectivity index (χ3n) is 1.85. The molecule has 3 heteroatoms. The molecule has 0 fully saturated rings. The largest absolute Gasteiger partial charge is 0.260 e. The number of nitrogens with one attached hydrogen (secondary N) is 1. The fourth-order valence-electron chi connectivity index (χ4n) is 0.969. The van der Waals surface area contributed by atoms with E-state index in [1.165, 1.54) is 5.56 Å². The van der Waals surface area contributed by atoms with E-state index in [2.05, 4.69) is 43.5 Å². The van der Waals surface area contributed by atoms with Crippen LogP contribution in [0.2, 0.25) is 0 Å². The average Bonchev–Trinajstić information content (AvgIpc) is 2.14. The highest BCUT2D eigenvalue weighted by atomic mass is 15.4. The Morgan fingerprint density at radius 1 is 1.13 bits per heavy atom. The zero-order chi connectivity index (χ0) is 11.3. The maximum Gasteiger partial charge on any atom is 0.0668 e. The van der Waals surface area contributed by atoms with Crippen molar-refractivity contribution in [2.75, 3.05) is 12.0 Å². The molecular weight excluding hydrogens is 186 g/mol. The lowest BCUT2D eigenvalue weighted by Gasteiger charge is -2.12. The molecule has 0 aliphatic carbocycles. The maximum absolute atomic E-state index is 4.07. The smallest absolute Gasteiger partial charge is 0.0668 e. The van der Waals surface area contributed by atoms with Crippen LogP contribution < -0.4 is 5.43 Å². The van der Waals surface area contributed by atoms with Crippen LogP contribution in [0, 0.1) is 12.3 Å². The van der Waals surface area contributed by atoms with Crippen molar-refractivity contribution in [2.45, 2.75) is 27.7 Å². The van der Waals surface area contributed by atoms with Gasteiger partial charge in [0.05, 0.1) is 12.2 Å². The molecule has 1 aromatic rings. The third kappa shape index (κ3) is 5.15. The van der Waals surface area contributed by atoms with Gasteiger partial charge < -0.3 is 0 Å². The van der Waals surface area contributed by atoms with Crippen molar-refractivity contribution < 1.29 is 0 Å². The molecule has 3 nitrogen and oxygen atoms in total. The van der Waals surface area contributed by atoms with Crippen LogP contribution in [-0.4, -0.2) is 6.54 Å². The first kappa shape index (κ1) is 11.7. The van der Waals surface area contributed by atoms with Crippen molar-refractivity contribution in [1.82, 2.24) is 0 Å². The number of nitrogens with zero attached hydrogens (tertiary/aromatic N) is 2. The number of rotatable bonds is 3. The second-order valence-electron chi connectivity index (χ2n) is 4.94. The van der Waals surface area contributed by atoms with Gasteiger partial charge in [-0.3, -0.25) is 5.43 Å². The number of aryl methyl sites for hydroxylation is 1. The van der Waals surface area contributed by atoms with Gasteiger partial charge in [-0.15, -0.1) is 0 Å². The number of benzene rings is 1. The molecule has 1 aromatic carbocycles. The Hall–Kier alpha value is -1.38. The van der Waals surface area contributed by atoms with Crippen LogP contribution in [0.3, 0.4) is 0 Å². The molecular formula is C12H19N3. The molecule has 0 saturated carbocycles. The van der Waals surface area contributed by atoms with Crippen molar-refractivity contribution in [2.24, 2.45) is 15.8 Å². The molecule has 82 valence electrons. The summed E-state index contributed by atoms with van der Waals surface area (Å²) >= 11 is 0. The zero-order valence-corrected chi connectivity index (χ0v) is 9.91. The first-order valence-corrected chi connectivity index (χ1v) is 5.16. The molecule has 1 N–H and O–H groups in total. The first-order valence-electron chi connectivity index (χ1n) is 5.16. The van der Waals surface area contributed by atoms with Crippen LogP contribution in [0.25, 0.3) is 0 Å². The molecule has 1 rings (SSSR count). The Morgan fingerprint density at radius 2 is 1.73 bits per heavy atom.